The largest absolute Gasteiger partial charge is 0.330 e. The van der Waals surface area contributed by atoms with Gasteiger partial charge in [0.2, 0.25) is 0 Å². The second-order valence-corrected chi connectivity index (χ2v) is 5.83. The number of benzene rings is 1. The van der Waals surface area contributed by atoms with E-state index in [1.165, 1.54) is 24.9 Å². The molecule has 1 fully saturated rings. The Morgan fingerprint density at radius 2 is 1.89 bits per heavy atom. The molecule has 0 bridgehead atoms. The van der Waals surface area contributed by atoms with Crippen molar-refractivity contribution in [2.24, 2.45) is 11.7 Å². The van der Waals surface area contributed by atoms with Crippen molar-refractivity contribution in [2.75, 3.05) is 19.6 Å². The maximum absolute atomic E-state index is 5.97. The summed E-state index contributed by atoms with van der Waals surface area (Å²) < 4.78 is 0. The van der Waals surface area contributed by atoms with Crippen LogP contribution in [0, 0.1) is 5.92 Å². The van der Waals surface area contributed by atoms with Gasteiger partial charge in [0, 0.05) is 31.6 Å². The van der Waals surface area contributed by atoms with Crippen LogP contribution in [0.5, 0.6) is 0 Å². The van der Waals surface area contributed by atoms with Crippen LogP contribution in [0.25, 0.3) is 0 Å². The highest BCUT2D eigenvalue weighted by Crippen LogP contribution is 2.31. The quantitative estimate of drug-likeness (QED) is 0.801. The predicted octanol–water partition coefficient (Wildman–Crippen LogP) is 2.85. The average Bonchev–Trinajstić information content (AvgIpc) is 3.19. The number of nitrogens with two attached hydrogens (primary N) is 1. The molecule has 1 aliphatic carbocycles. The molecule has 18 heavy (non-hydrogen) atoms. The van der Waals surface area contributed by atoms with Gasteiger partial charge in [0.25, 0.3) is 0 Å². The second kappa shape index (κ2) is 6.35. The van der Waals surface area contributed by atoms with E-state index >= 15 is 0 Å². The fourth-order valence-electron chi connectivity index (χ4n) is 2.45. The van der Waals surface area contributed by atoms with Gasteiger partial charge in [-0.3, -0.25) is 0 Å². The van der Waals surface area contributed by atoms with Crippen LogP contribution in [-0.2, 0) is 0 Å². The van der Waals surface area contributed by atoms with E-state index in [-0.39, 0.29) is 0 Å². The average molecular weight is 246 g/mol. The Morgan fingerprint density at radius 1 is 1.22 bits per heavy atom. The van der Waals surface area contributed by atoms with E-state index in [0.717, 1.165) is 19.0 Å². The molecular formula is C16H26N2. The molecule has 100 valence electrons. The number of rotatable bonds is 7. The SMILES string of the molecule is CC(C)N(CC1CC1)CC(CN)c1ccccc1. The zero-order chi connectivity index (χ0) is 13.0. The van der Waals surface area contributed by atoms with Gasteiger partial charge in [-0.25, -0.2) is 0 Å². The Kier molecular flexibility index (Phi) is 4.79. The first-order chi connectivity index (χ1) is 8.70. The van der Waals surface area contributed by atoms with Gasteiger partial charge >= 0.3 is 0 Å². The van der Waals surface area contributed by atoms with E-state index < -0.39 is 0 Å². The highest BCUT2D eigenvalue weighted by molar-refractivity contribution is 5.20. The van der Waals surface area contributed by atoms with E-state index in [0.29, 0.717) is 12.0 Å². The van der Waals surface area contributed by atoms with E-state index in [1.807, 2.05) is 0 Å². The lowest BCUT2D eigenvalue weighted by atomic mass is 9.98. The molecule has 1 aromatic carbocycles. The van der Waals surface area contributed by atoms with Crippen LogP contribution in [0.15, 0.2) is 30.3 Å². The summed E-state index contributed by atoms with van der Waals surface area (Å²) in [7, 11) is 0. The molecule has 0 heterocycles. The number of nitrogens with zero attached hydrogens (tertiary/aromatic N) is 1. The minimum absolute atomic E-state index is 0.465. The van der Waals surface area contributed by atoms with Crippen molar-refractivity contribution in [1.82, 2.24) is 4.90 Å². The molecule has 0 saturated heterocycles. The van der Waals surface area contributed by atoms with Gasteiger partial charge in [0.15, 0.2) is 0 Å². The fourth-order valence-corrected chi connectivity index (χ4v) is 2.45. The van der Waals surface area contributed by atoms with Crippen LogP contribution in [-0.4, -0.2) is 30.6 Å². The molecule has 1 atom stereocenters. The normalized spacial score (nSPS) is 17.4. The molecule has 1 aliphatic rings. The highest BCUT2D eigenvalue weighted by Gasteiger charge is 2.26. The van der Waals surface area contributed by atoms with Gasteiger partial charge in [0.05, 0.1) is 0 Å². The molecule has 0 spiro atoms. The van der Waals surface area contributed by atoms with Crippen LogP contribution >= 0.6 is 0 Å². The maximum atomic E-state index is 5.97. The molecule has 0 aromatic heterocycles. The van der Waals surface area contributed by atoms with Gasteiger partial charge in [-0.2, -0.15) is 0 Å². The lowest BCUT2D eigenvalue weighted by Gasteiger charge is -2.30. The van der Waals surface area contributed by atoms with Crippen molar-refractivity contribution < 1.29 is 0 Å². The van der Waals surface area contributed by atoms with Crippen LogP contribution in [0.1, 0.15) is 38.2 Å². The van der Waals surface area contributed by atoms with Gasteiger partial charge in [0.1, 0.15) is 0 Å². The van der Waals surface area contributed by atoms with Crippen molar-refractivity contribution >= 4 is 0 Å². The first-order valence-electron chi connectivity index (χ1n) is 7.19. The van der Waals surface area contributed by atoms with Crippen molar-refractivity contribution in [2.45, 2.75) is 38.6 Å². The topological polar surface area (TPSA) is 29.3 Å². The zero-order valence-corrected chi connectivity index (χ0v) is 11.7. The highest BCUT2D eigenvalue weighted by atomic mass is 15.2. The third-order valence-electron chi connectivity index (χ3n) is 3.93. The molecule has 0 amide bonds. The zero-order valence-electron chi connectivity index (χ0n) is 11.7. The molecule has 1 unspecified atom stereocenters. The fraction of sp³-hybridized carbons (Fsp3) is 0.625. The smallest absolute Gasteiger partial charge is 0.00889 e. The Hall–Kier alpha value is -0.860. The molecule has 2 heteroatoms. The Labute approximate surface area is 111 Å². The Bertz CT molecular complexity index is 343. The van der Waals surface area contributed by atoms with Gasteiger partial charge < -0.3 is 10.6 Å². The summed E-state index contributed by atoms with van der Waals surface area (Å²) in [6.07, 6.45) is 2.84. The Morgan fingerprint density at radius 3 is 2.39 bits per heavy atom. The lowest BCUT2D eigenvalue weighted by molar-refractivity contribution is 0.200. The molecular weight excluding hydrogens is 220 g/mol. The van der Waals surface area contributed by atoms with Crippen molar-refractivity contribution in [3.63, 3.8) is 0 Å². The van der Waals surface area contributed by atoms with Crippen molar-refractivity contribution in [1.29, 1.82) is 0 Å². The number of hydrogen-bond donors (Lipinski definition) is 1. The third kappa shape index (κ3) is 3.82. The summed E-state index contributed by atoms with van der Waals surface area (Å²) in [4.78, 5) is 2.60. The first-order valence-corrected chi connectivity index (χ1v) is 7.19. The summed E-state index contributed by atoms with van der Waals surface area (Å²) in [5.74, 6) is 1.41. The summed E-state index contributed by atoms with van der Waals surface area (Å²) >= 11 is 0. The Balaban J connectivity index is 1.98. The van der Waals surface area contributed by atoms with Crippen molar-refractivity contribution in [3.8, 4) is 0 Å². The van der Waals surface area contributed by atoms with Crippen LogP contribution in [0.3, 0.4) is 0 Å². The van der Waals surface area contributed by atoms with E-state index in [1.54, 1.807) is 0 Å². The van der Waals surface area contributed by atoms with Crippen molar-refractivity contribution in [3.05, 3.63) is 35.9 Å². The molecule has 2 nitrogen and oxygen atoms in total. The van der Waals surface area contributed by atoms with Crippen LogP contribution in [0.2, 0.25) is 0 Å². The summed E-state index contributed by atoms with van der Waals surface area (Å²) in [5, 5.41) is 0. The summed E-state index contributed by atoms with van der Waals surface area (Å²) in [6.45, 7) is 7.66. The molecule has 2 rings (SSSR count). The standard InChI is InChI=1S/C16H26N2/c1-13(2)18(11-14-8-9-14)12-16(10-17)15-6-4-3-5-7-15/h3-7,13-14,16H,8-12,17H2,1-2H3. The minimum Gasteiger partial charge on any atom is -0.330 e. The monoisotopic (exact) mass is 246 g/mol. The van der Waals surface area contributed by atoms with Gasteiger partial charge in [-0.05, 0) is 38.2 Å². The van der Waals surface area contributed by atoms with E-state index in [4.69, 9.17) is 5.73 Å². The van der Waals surface area contributed by atoms with E-state index in [9.17, 15) is 0 Å². The van der Waals surface area contributed by atoms with E-state index in [2.05, 4.69) is 49.1 Å². The maximum Gasteiger partial charge on any atom is 0.00889 e. The predicted molar refractivity (Wildman–Crippen MR) is 77.7 cm³/mol. The van der Waals surface area contributed by atoms with Crippen LogP contribution < -0.4 is 5.73 Å². The lowest BCUT2D eigenvalue weighted by Crippen LogP contribution is -2.38. The summed E-state index contributed by atoms with van der Waals surface area (Å²) in [6, 6.07) is 11.3. The first kappa shape index (κ1) is 13.6. The minimum atomic E-state index is 0.465. The number of hydrogen-bond acceptors (Lipinski definition) is 2. The molecule has 0 aliphatic heterocycles. The second-order valence-electron chi connectivity index (χ2n) is 5.83. The van der Waals surface area contributed by atoms with Gasteiger partial charge in [-0.1, -0.05) is 30.3 Å². The molecule has 1 saturated carbocycles. The van der Waals surface area contributed by atoms with Crippen LogP contribution in [0.4, 0.5) is 0 Å². The molecule has 2 N–H and O–H groups in total. The molecule has 0 radical (unpaired) electrons. The third-order valence-corrected chi connectivity index (χ3v) is 3.93. The molecule has 1 aromatic rings. The van der Waals surface area contributed by atoms with Gasteiger partial charge in [-0.15, -0.1) is 0 Å². The summed E-state index contributed by atoms with van der Waals surface area (Å²) in [5.41, 5.74) is 7.35.